The largest absolute Gasteiger partial charge is 0.373 e. The topological polar surface area (TPSA) is 82.5 Å². The fraction of sp³-hybridized carbons (Fsp3) is 0.261. The molecule has 1 saturated heterocycles. The maximum Gasteiger partial charge on any atom is 0.351 e. The van der Waals surface area contributed by atoms with E-state index in [1.54, 1.807) is 30.3 Å². The zero-order chi connectivity index (χ0) is 21.7. The second kappa shape index (κ2) is 9.20. The van der Waals surface area contributed by atoms with Crippen LogP contribution >= 0.6 is 0 Å². The number of rotatable bonds is 7. The number of anilines is 1. The maximum atomic E-state index is 15.1. The van der Waals surface area contributed by atoms with Crippen molar-refractivity contribution >= 4 is 11.7 Å². The van der Waals surface area contributed by atoms with E-state index in [1.807, 2.05) is 30.3 Å². The van der Waals surface area contributed by atoms with Gasteiger partial charge in [-0.2, -0.15) is 4.98 Å². The normalized spacial score (nSPS) is 20.5. The fourth-order valence-corrected chi connectivity index (χ4v) is 3.36. The molecule has 0 radical (unpaired) electrons. The average molecular weight is 423 g/mol. The Balaban J connectivity index is 1.35. The molecule has 1 N–H and O–H groups in total. The number of carbonyl (C=O) groups is 1. The highest BCUT2D eigenvalue weighted by atomic mass is 19.1. The highest BCUT2D eigenvalue weighted by molar-refractivity contribution is 6.03. The maximum absolute atomic E-state index is 15.1. The van der Waals surface area contributed by atoms with Gasteiger partial charge in [0.05, 0.1) is 19.8 Å². The van der Waals surface area contributed by atoms with Gasteiger partial charge in [-0.15, -0.1) is 0 Å². The number of hydrogen-bond donors (Lipinski definition) is 1. The Morgan fingerprint density at radius 3 is 2.58 bits per heavy atom. The Hall–Kier alpha value is -3.36. The van der Waals surface area contributed by atoms with E-state index in [2.05, 4.69) is 10.3 Å². The summed E-state index contributed by atoms with van der Waals surface area (Å²) in [4.78, 5) is 28.5. The first-order valence-electron chi connectivity index (χ1n) is 9.90. The Kier molecular flexibility index (Phi) is 6.20. The molecule has 4 rings (SSSR count). The Labute approximate surface area is 178 Å². The van der Waals surface area contributed by atoms with Gasteiger partial charge in [0.15, 0.2) is 5.67 Å². The van der Waals surface area contributed by atoms with Gasteiger partial charge in [-0.25, -0.2) is 9.18 Å². The highest BCUT2D eigenvalue weighted by Gasteiger charge is 2.42. The zero-order valence-electron chi connectivity index (χ0n) is 16.7. The molecule has 1 aromatic heterocycles. The lowest BCUT2D eigenvalue weighted by Gasteiger charge is -2.18. The fourth-order valence-electron chi connectivity index (χ4n) is 3.36. The minimum Gasteiger partial charge on any atom is -0.373 e. The number of benzene rings is 2. The third kappa shape index (κ3) is 5.22. The first-order valence-corrected chi connectivity index (χ1v) is 9.90. The second-order valence-electron chi connectivity index (χ2n) is 7.42. The Bertz CT molecular complexity index is 1090. The van der Waals surface area contributed by atoms with Crippen molar-refractivity contribution in [2.45, 2.75) is 24.9 Å². The minimum absolute atomic E-state index is 0.0287. The summed E-state index contributed by atoms with van der Waals surface area (Å²) in [5, 5.41) is 2.58. The van der Waals surface area contributed by atoms with Crippen LogP contribution in [0.15, 0.2) is 77.7 Å². The monoisotopic (exact) mass is 423 g/mol. The molecular formula is C23H22FN3O4. The van der Waals surface area contributed by atoms with Crippen molar-refractivity contribution in [3.63, 3.8) is 0 Å². The lowest BCUT2D eigenvalue weighted by molar-refractivity contribution is -0.00451. The summed E-state index contributed by atoms with van der Waals surface area (Å²) in [6.45, 7) is -0.00826. The van der Waals surface area contributed by atoms with E-state index in [4.69, 9.17) is 9.47 Å². The summed E-state index contributed by atoms with van der Waals surface area (Å²) in [5.41, 5.74) is -0.926. The third-order valence-corrected chi connectivity index (χ3v) is 4.96. The summed E-state index contributed by atoms with van der Waals surface area (Å²) in [7, 11) is 0. The van der Waals surface area contributed by atoms with E-state index in [0.29, 0.717) is 12.2 Å². The van der Waals surface area contributed by atoms with Crippen LogP contribution in [0.25, 0.3) is 0 Å². The van der Waals surface area contributed by atoms with Gasteiger partial charge < -0.3 is 14.8 Å². The average Bonchev–Trinajstić information content (AvgIpc) is 3.17. The Morgan fingerprint density at radius 1 is 1.16 bits per heavy atom. The number of carbonyl (C=O) groups excluding carboxylic acids is 1. The number of hydrogen-bond acceptors (Lipinski definition) is 5. The van der Waals surface area contributed by atoms with Gasteiger partial charge in [-0.1, -0.05) is 48.5 Å². The molecule has 2 atom stereocenters. The lowest BCUT2D eigenvalue weighted by atomic mass is 10.1. The van der Waals surface area contributed by atoms with Crippen LogP contribution in [0, 0.1) is 0 Å². The van der Waals surface area contributed by atoms with Crippen molar-refractivity contribution in [3.8, 4) is 0 Å². The van der Waals surface area contributed by atoms with E-state index in [0.717, 1.165) is 5.56 Å². The number of ether oxygens (including phenoxy) is 2. The number of nitrogens with zero attached hydrogens (tertiary/aromatic N) is 2. The number of nitrogens with one attached hydrogen (secondary N) is 1. The molecule has 1 aliphatic rings. The van der Waals surface area contributed by atoms with Crippen LogP contribution < -0.4 is 11.0 Å². The minimum atomic E-state index is -1.70. The van der Waals surface area contributed by atoms with Gasteiger partial charge in [0, 0.05) is 18.2 Å². The van der Waals surface area contributed by atoms with Gasteiger partial charge >= 0.3 is 5.69 Å². The van der Waals surface area contributed by atoms with Crippen LogP contribution in [-0.4, -0.2) is 34.3 Å². The van der Waals surface area contributed by atoms with E-state index >= 15 is 4.39 Å². The van der Waals surface area contributed by atoms with Crippen LogP contribution in [0.5, 0.6) is 0 Å². The molecule has 31 heavy (non-hydrogen) atoms. The summed E-state index contributed by atoms with van der Waals surface area (Å²) in [5.74, 6) is -0.258. The third-order valence-electron chi connectivity index (χ3n) is 4.96. The van der Waals surface area contributed by atoms with Crippen molar-refractivity contribution in [3.05, 3.63) is 94.5 Å². The van der Waals surface area contributed by atoms with E-state index in [-0.39, 0.29) is 31.4 Å². The summed E-state index contributed by atoms with van der Waals surface area (Å²) in [6, 6.07) is 19.6. The smallest absolute Gasteiger partial charge is 0.351 e. The number of aromatic nitrogens is 2. The van der Waals surface area contributed by atoms with E-state index in [9.17, 15) is 9.59 Å². The van der Waals surface area contributed by atoms with Crippen LogP contribution in [0.3, 0.4) is 0 Å². The SMILES string of the molecule is O=C(Nc1ccn([C@H]2C[C@](F)(COCc3ccccc3)CO2)c(=O)n1)c1ccccc1. The zero-order valence-corrected chi connectivity index (χ0v) is 16.7. The summed E-state index contributed by atoms with van der Waals surface area (Å²) in [6.07, 6.45) is 0.625. The quantitative estimate of drug-likeness (QED) is 0.630. The summed E-state index contributed by atoms with van der Waals surface area (Å²) >= 11 is 0. The molecule has 1 amide bonds. The van der Waals surface area contributed by atoms with Crippen molar-refractivity contribution < 1.29 is 18.7 Å². The van der Waals surface area contributed by atoms with Gasteiger partial charge in [-0.3, -0.25) is 9.36 Å². The van der Waals surface area contributed by atoms with Gasteiger partial charge in [-0.05, 0) is 23.8 Å². The standard InChI is InChI=1S/C23H22FN3O4/c24-23(15-30-14-17-7-3-1-4-8-17)13-20(31-16-23)27-12-11-19(26-22(27)29)25-21(28)18-9-5-2-6-10-18/h1-12,20H,13-16H2,(H,25,26,28,29)/t20-,23+/m1/s1. The van der Waals surface area contributed by atoms with E-state index < -0.39 is 17.6 Å². The number of halogens is 1. The molecule has 0 unspecified atom stereocenters. The van der Waals surface area contributed by atoms with Crippen molar-refractivity contribution in [1.29, 1.82) is 0 Å². The molecule has 0 bridgehead atoms. The molecular weight excluding hydrogens is 401 g/mol. The van der Waals surface area contributed by atoms with Gasteiger partial charge in [0.25, 0.3) is 5.91 Å². The van der Waals surface area contributed by atoms with Crippen LogP contribution in [0.2, 0.25) is 0 Å². The molecule has 7 nitrogen and oxygen atoms in total. The molecule has 3 aromatic rings. The molecule has 160 valence electrons. The van der Waals surface area contributed by atoms with Crippen LogP contribution in [0.1, 0.15) is 28.6 Å². The molecule has 1 aliphatic heterocycles. The molecule has 2 aromatic carbocycles. The van der Waals surface area contributed by atoms with Crippen LogP contribution in [-0.2, 0) is 16.1 Å². The van der Waals surface area contributed by atoms with Gasteiger partial charge in [0.1, 0.15) is 12.0 Å². The molecule has 0 aliphatic carbocycles. The van der Waals surface area contributed by atoms with Crippen molar-refractivity contribution in [1.82, 2.24) is 9.55 Å². The van der Waals surface area contributed by atoms with Gasteiger partial charge in [0.2, 0.25) is 0 Å². The van der Waals surface area contributed by atoms with Crippen molar-refractivity contribution in [2.24, 2.45) is 0 Å². The first kappa shape index (κ1) is 20.9. The second-order valence-corrected chi connectivity index (χ2v) is 7.42. The van der Waals surface area contributed by atoms with Crippen molar-refractivity contribution in [2.75, 3.05) is 18.5 Å². The molecule has 0 saturated carbocycles. The molecule has 1 fully saturated rings. The number of amides is 1. The van der Waals surface area contributed by atoms with E-state index in [1.165, 1.54) is 16.8 Å². The molecule has 0 spiro atoms. The molecule has 8 heteroatoms. The Morgan fingerprint density at radius 2 is 1.87 bits per heavy atom. The number of alkyl halides is 1. The predicted molar refractivity (Wildman–Crippen MR) is 112 cm³/mol. The first-order chi connectivity index (χ1) is 15.0. The lowest BCUT2D eigenvalue weighted by Crippen LogP contribution is -2.31. The highest BCUT2D eigenvalue weighted by Crippen LogP contribution is 2.34. The summed E-state index contributed by atoms with van der Waals surface area (Å²) < 4.78 is 27.3. The predicted octanol–water partition coefficient (Wildman–Crippen LogP) is 3.34. The van der Waals surface area contributed by atoms with Crippen LogP contribution in [0.4, 0.5) is 10.2 Å². The molecule has 2 heterocycles.